The molecule has 0 saturated carbocycles. The molecule has 0 N–H and O–H groups in total. The summed E-state index contributed by atoms with van der Waals surface area (Å²) in [6, 6.07) is 0. The van der Waals surface area contributed by atoms with Gasteiger partial charge in [0.2, 0.25) is 17.8 Å². The second kappa shape index (κ2) is 3.41. The lowest BCUT2D eigenvalue weighted by Gasteiger charge is -2.15. The number of rotatable bonds is 1. The number of hydrogen-bond donors (Lipinski definition) is 0. The Hall–Kier alpha value is -1.69. The van der Waals surface area contributed by atoms with Crippen molar-refractivity contribution in [2.45, 2.75) is 32.7 Å². The minimum atomic E-state index is -0.977. The van der Waals surface area contributed by atoms with Crippen LogP contribution in [-0.2, 0) is 14.3 Å². The van der Waals surface area contributed by atoms with E-state index >= 15 is 0 Å². The van der Waals surface area contributed by atoms with Crippen LogP contribution in [0.4, 0.5) is 0 Å². The van der Waals surface area contributed by atoms with E-state index in [9.17, 15) is 9.59 Å². The van der Waals surface area contributed by atoms with Crippen LogP contribution in [0.1, 0.15) is 37.5 Å². The van der Waals surface area contributed by atoms with Crippen molar-refractivity contribution >= 4 is 11.9 Å². The predicted octanol–water partition coefficient (Wildman–Crippen LogP) is 0.894. The van der Waals surface area contributed by atoms with Gasteiger partial charge in [0, 0.05) is 33.2 Å². The Kier molecular flexibility index (Phi) is 2.31. The molecular formula is C10H12N2O4. The maximum Gasteiger partial charge on any atom is 0.345 e. The summed E-state index contributed by atoms with van der Waals surface area (Å²) in [4.78, 5) is 26.8. The van der Waals surface area contributed by atoms with Crippen LogP contribution in [0.25, 0.3) is 0 Å². The van der Waals surface area contributed by atoms with E-state index in [1.54, 1.807) is 13.8 Å². The molecule has 6 nitrogen and oxygen atoms in total. The molecule has 86 valence electrons. The normalized spacial score (nSPS) is 23.2. The number of esters is 1. The fraction of sp³-hybridized carbons (Fsp3) is 0.500. The van der Waals surface area contributed by atoms with E-state index in [-0.39, 0.29) is 11.7 Å². The van der Waals surface area contributed by atoms with Crippen LogP contribution in [0.3, 0.4) is 0 Å². The highest BCUT2D eigenvalue weighted by Gasteiger charge is 2.44. The maximum atomic E-state index is 11.6. The summed E-state index contributed by atoms with van der Waals surface area (Å²) in [7, 11) is 0. The van der Waals surface area contributed by atoms with Crippen molar-refractivity contribution in [3.8, 4) is 0 Å². The van der Waals surface area contributed by atoms with Crippen LogP contribution >= 0.6 is 0 Å². The Morgan fingerprint density at radius 3 is 2.75 bits per heavy atom. The van der Waals surface area contributed by atoms with Crippen molar-refractivity contribution in [3.63, 3.8) is 0 Å². The largest absolute Gasteiger partial charge is 0.431 e. The molecular weight excluding hydrogens is 212 g/mol. The smallest absolute Gasteiger partial charge is 0.345 e. The Morgan fingerprint density at radius 2 is 2.25 bits per heavy atom. The number of carbonyl (C=O) groups is 2. The van der Waals surface area contributed by atoms with Gasteiger partial charge in [0.15, 0.2) is 5.82 Å². The van der Waals surface area contributed by atoms with Gasteiger partial charge in [-0.3, -0.25) is 9.36 Å². The van der Waals surface area contributed by atoms with Gasteiger partial charge in [-0.05, 0) is 0 Å². The molecule has 1 atom stereocenters. The molecule has 0 unspecified atom stereocenters. The van der Waals surface area contributed by atoms with Crippen molar-refractivity contribution in [1.29, 1.82) is 0 Å². The summed E-state index contributed by atoms with van der Waals surface area (Å²) in [6.45, 7) is 4.65. The van der Waals surface area contributed by atoms with Crippen molar-refractivity contribution in [1.82, 2.24) is 9.55 Å². The third-order valence-corrected chi connectivity index (χ3v) is 2.21. The summed E-state index contributed by atoms with van der Waals surface area (Å²) in [5.41, 5.74) is 0. The second-order valence-electron chi connectivity index (χ2n) is 3.99. The second-order valence-corrected chi connectivity index (χ2v) is 3.99. The van der Waals surface area contributed by atoms with Gasteiger partial charge in [-0.15, -0.1) is 0 Å². The summed E-state index contributed by atoms with van der Waals surface area (Å²) < 4.78 is 11.7. The molecule has 0 aliphatic carbocycles. The maximum absolute atomic E-state index is 11.6. The minimum absolute atomic E-state index is 0.228. The molecule has 0 aromatic carbocycles. The molecule has 2 rings (SSSR count). The third-order valence-electron chi connectivity index (χ3n) is 2.21. The van der Waals surface area contributed by atoms with Crippen LogP contribution in [0.15, 0.2) is 12.4 Å². The van der Waals surface area contributed by atoms with E-state index in [2.05, 4.69) is 4.98 Å². The molecule has 0 spiro atoms. The van der Waals surface area contributed by atoms with Crippen molar-refractivity contribution < 1.29 is 19.1 Å². The molecule has 0 amide bonds. The molecule has 0 bridgehead atoms. The average Bonchev–Trinajstić information content (AvgIpc) is 2.69. The molecule has 1 fully saturated rings. The highest BCUT2D eigenvalue weighted by molar-refractivity contribution is 5.81. The van der Waals surface area contributed by atoms with Gasteiger partial charge in [-0.2, -0.15) is 0 Å². The molecule has 1 aromatic heterocycles. The van der Waals surface area contributed by atoms with Crippen LogP contribution in [0, 0.1) is 0 Å². The van der Waals surface area contributed by atoms with Gasteiger partial charge >= 0.3 is 5.97 Å². The first kappa shape index (κ1) is 10.8. The van der Waals surface area contributed by atoms with Gasteiger partial charge in [0.05, 0.1) is 0 Å². The standard InChI is InChI=1S/C10H12N2O4/c1-6(13)12-5-4-11-8(12)7-9(14)16-10(2,3)15-7/h4-5,7H,1-3H3/t7-/m0/s1. The number of aromatic nitrogens is 2. The number of imidazole rings is 1. The molecule has 1 saturated heterocycles. The lowest BCUT2D eigenvalue weighted by Crippen LogP contribution is -2.21. The van der Waals surface area contributed by atoms with Crippen LogP contribution in [-0.4, -0.2) is 27.2 Å². The van der Waals surface area contributed by atoms with E-state index in [1.807, 2.05) is 0 Å². The van der Waals surface area contributed by atoms with Crippen LogP contribution in [0.2, 0.25) is 0 Å². The van der Waals surface area contributed by atoms with Crippen molar-refractivity contribution in [2.24, 2.45) is 0 Å². The van der Waals surface area contributed by atoms with E-state index in [1.165, 1.54) is 23.9 Å². The lowest BCUT2D eigenvalue weighted by atomic mass is 10.3. The fourth-order valence-corrected chi connectivity index (χ4v) is 1.59. The monoisotopic (exact) mass is 224 g/mol. The predicted molar refractivity (Wildman–Crippen MR) is 52.5 cm³/mol. The van der Waals surface area contributed by atoms with Gasteiger partial charge in [0.25, 0.3) is 0 Å². The van der Waals surface area contributed by atoms with Gasteiger partial charge < -0.3 is 9.47 Å². The molecule has 16 heavy (non-hydrogen) atoms. The number of ether oxygens (including phenoxy) is 2. The first-order chi connectivity index (χ1) is 7.41. The van der Waals surface area contributed by atoms with E-state index in [0.717, 1.165) is 0 Å². The van der Waals surface area contributed by atoms with Crippen LogP contribution in [0.5, 0.6) is 0 Å². The Labute approximate surface area is 92.2 Å². The van der Waals surface area contributed by atoms with Gasteiger partial charge in [0.1, 0.15) is 0 Å². The highest BCUT2D eigenvalue weighted by Crippen LogP contribution is 2.33. The molecule has 1 aliphatic rings. The average molecular weight is 224 g/mol. The van der Waals surface area contributed by atoms with E-state index < -0.39 is 17.9 Å². The first-order valence-electron chi connectivity index (χ1n) is 4.85. The van der Waals surface area contributed by atoms with Crippen LogP contribution < -0.4 is 0 Å². The quantitative estimate of drug-likeness (QED) is 0.662. The van der Waals surface area contributed by atoms with Gasteiger partial charge in [-0.25, -0.2) is 9.78 Å². The molecule has 0 radical (unpaired) electrons. The van der Waals surface area contributed by atoms with E-state index in [4.69, 9.17) is 9.47 Å². The fourth-order valence-electron chi connectivity index (χ4n) is 1.59. The number of cyclic esters (lactones) is 1. The Morgan fingerprint density at radius 1 is 1.56 bits per heavy atom. The Balaban J connectivity index is 2.35. The summed E-state index contributed by atoms with van der Waals surface area (Å²) >= 11 is 0. The zero-order valence-corrected chi connectivity index (χ0v) is 9.26. The summed E-state index contributed by atoms with van der Waals surface area (Å²) in [5, 5.41) is 0. The van der Waals surface area contributed by atoms with Gasteiger partial charge in [-0.1, -0.05) is 0 Å². The number of carbonyl (C=O) groups excluding carboxylic acids is 2. The highest BCUT2D eigenvalue weighted by atomic mass is 16.8. The lowest BCUT2D eigenvalue weighted by molar-refractivity contribution is -0.161. The number of nitrogens with zero attached hydrogens (tertiary/aromatic N) is 2. The molecule has 1 aliphatic heterocycles. The molecule has 2 heterocycles. The summed E-state index contributed by atoms with van der Waals surface area (Å²) in [5.74, 6) is -1.48. The topological polar surface area (TPSA) is 70.4 Å². The van der Waals surface area contributed by atoms with E-state index in [0.29, 0.717) is 0 Å². The zero-order valence-electron chi connectivity index (χ0n) is 9.26. The summed E-state index contributed by atoms with van der Waals surface area (Å²) in [6.07, 6.45) is 1.99. The molecule has 6 heteroatoms. The van der Waals surface area contributed by atoms with Crippen molar-refractivity contribution in [3.05, 3.63) is 18.2 Å². The molecule has 1 aromatic rings. The van der Waals surface area contributed by atoms with Crippen molar-refractivity contribution in [2.75, 3.05) is 0 Å². The first-order valence-corrected chi connectivity index (χ1v) is 4.85. The zero-order chi connectivity index (χ0) is 11.9. The minimum Gasteiger partial charge on any atom is -0.431 e. The SMILES string of the molecule is CC(=O)n1ccnc1[C@@H]1OC(C)(C)OC1=O. The number of hydrogen-bond acceptors (Lipinski definition) is 5. The Bertz CT molecular complexity index is 449. The third kappa shape index (κ3) is 1.71.